The van der Waals surface area contributed by atoms with Crippen molar-refractivity contribution in [2.45, 2.75) is 43.9 Å². The van der Waals surface area contributed by atoms with E-state index in [4.69, 9.17) is 21.8 Å². The van der Waals surface area contributed by atoms with Gasteiger partial charge in [-0.05, 0) is 48.2 Å². The summed E-state index contributed by atoms with van der Waals surface area (Å²) in [7, 11) is 0. The average Bonchev–Trinajstić information content (AvgIpc) is 3.28. The van der Waals surface area contributed by atoms with Crippen LogP contribution >= 0.6 is 23.4 Å². The summed E-state index contributed by atoms with van der Waals surface area (Å²) in [6.45, 7) is 1.50. The van der Waals surface area contributed by atoms with Gasteiger partial charge in [-0.2, -0.15) is 5.26 Å². The summed E-state index contributed by atoms with van der Waals surface area (Å²) in [5, 5.41) is 20.3. The number of para-hydroxylation sites is 1. The molecule has 3 heterocycles. The Kier molecular flexibility index (Phi) is 9.22. The molecule has 0 aliphatic rings. The molecule has 202 valence electrons. The van der Waals surface area contributed by atoms with Crippen LogP contribution in [0.15, 0.2) is 78.2 Å². The Morgan fingerprint density at radius 2 is 1.93 bits per heavy atom. The van der Waals surface area contributed by atoms with Crippen LogP contribution in [0.3, 0.4) is 0 Å². The third-order valence-corrected chi connectivity index (χ3v) is 7.70. The quantitative estimate of drug-likeness (QED) is 0.129. The van der Waals surface area contributed by atoms with Crippen LogP contribution in [-0.4, -0.2) is 47.8 Å². The van der Waals surface area contributed by atoms with E-state index in [2.05, 4.69) is 38.0 Å². The Morgan fingerprint density at radius 3 is 2.75 bits per heavy atom. The molecule has 5 rings (SSSR count). The fraction of sp³-hybridized carbons (Fsp3) is 0.267. The molecular formula is C30H28ClN7OS. The number of fused-ring (bicyclic) bond motifs is 3. The molecule has 0 saturated heterocycles. The fourth-order valence-corrected chi connectivity index (χ4v) is 5.61. The zero-order valence-corrected chi connectivity index (χ0v) is 23.5. The maximum Gasteiger partial charge on any atom is 0.222 e. The topological polar surface area (TPSA) is 101 Å². The Bertz CT molecular complexity index is 1650. The average molecular weight is 570 g/mol. The van der Waals surface area contributed by atoms with Crippen molar-refractivity contribution in [3.8, 4) is 6.07 Å². The molecule has 0 saturated carbocycles. The number of carbonyl (C=O) groups is 1. The van der Waals surface area contributed by atoms with Gasteiger partial charge in [0.05, 0.1) is 18.0 Å². The van der Waals surface area contributed by atoms with E-state index < -0.39 is 0 Å². The van der Waals surface area contributed by atoms with E-state index in [1.807, 2.05) is 48.5 Å². The van der Waals surface area contributed by atoms with Gasteiger partial charge in [0.1, 0.15) is 5.52 Å². The molecule has 3 aromatic heterocycles. The predicted octanol–water partition coefficient (Wildman–Crippen LogP) is 6.28. The molecule has 2 aromatic carbocycles. The van der Waals surface area contributed by atoms with Crippen LogP contribution in [0.5, 0.6) is 0 Å². The number of unbranched alkanes of at least 4 members (excludes halogenated alkanes) is 1. The normalized spacial score (nSPS) is 11.1. The van der Waals surface area contributed by atoms with Crippen molar-refractivity contribution in [1.29, 1.82) is 5.26 Å². The third-order valence-electron chi connectivity index (χ3n) is 6.54. The summed E-state index contributed by atoms with van der Waals surface area (Å²) in [5.41, 5.74) is 4.65. The number of carbonyl (C=O) groups excluding carboxylic acids is 1. The minimum Gasteiger partial charge on any atom is -0.337 e. The molecule has 0 radical (unpaired) electrons. The van der Waals surface area contributed by atoms with Gasteiger partial charge in [-0.1, -0.05) is 59.8 Å². The smallest absolute Gasteiger partial charge is 0.222 e. The molecule has 10 heteroatoms. The highest BCUT2D eigenvalue weighted by atomic mass is 35.5. The molecular weight excluding hydrogens is 542 g/mol. The first-order valence-corrected chi connectivity index (χ1v) is 14.5. The lowest BCUT2D eigenvalue weighted by Gasteiger charge is -2.21. The SMILES string of the molecule is N#CCCN(Cc1cccnc1)C(=O)CCCCSc1nnc2c3ccccc3n(Cc3cccc(Cl)c3)c2n1. The highest BCUT2D eigenvalue weighted by Gasteiger charge is 2.16. The maximum absolute atomic E-state index is 12.9. The Hall–Kier alpha value is -4.00. The van der Waals surface area contributed by atoms with Crippen molar-refractivity contribution in [3.63, 3.8) is 0 Å². The first kappa shape index (κ1) is 27.6. The van der Waals surface area contributed by atoms with Crippen molar-refractivity contribution in [2.24, 2.45) is 0 Å². The summed E-state index contributed by atoms with van der Waals surface area (Å²) in [6, 6.07) is 21.9. The van der Waals surface area contributed by atoms with Crippen molar-refractivity contribution in [1.82, 2.24) is 29.6 Å². The van der Waals surface area contributed by atoms with Gasteiger partial charge in [0, 0.05) is 54.6 Å². The molecule has 0 aliphatic heterocycles. The summed E-state index contributed by atoms with van der Waals surface area (Å²) in [4.78, 5) is 23.6. The van der Waals surface area contributed by atoms with E-state index in [-0.39, 0.29) is 5.91 Å². The maximum atomic E-state index is 12.9. The van der Waals surface area contributed by atoms with Crippen LogP contribution in [0.25, 0.3) is 22.1 Å². The molecule has 0 atom stereocenters. The molecule has 1 amide bonds. The zero-order valence-electron chi connectivity index (χ0n) is 21.9. The van der Waals surface area contributed by atoms with E-state index >= 15 is 0 Å². The van der Waals surface area contributed by atoms with E-state index in [1.165, 1.54) is 0 Å². The molecule has 40 heavy (non-hydrogen) atoms. The minimum atomic E-state index is 0.0500. The zero-order chi connectivity index (χ0) is 27.7. The van der Waals surface area contributed by atoms with Crippen LogP contribution in [-0.2, 0) is 17.9 Å². The van der Waals surface area contributed by atoms with E-state index in [9.17, 15) is 4.79 Å². The van der Waals surface area contributed by atoms with Gasteiger partial charge < -0.3 is 9.47 Å². The number of nitriles is 1. The molecule has 0 spiro atoms. The van der Waals surface area contributed by atoms with E-state index in [0.29, 0.717) is 42.7 Å². The van der Waals surface area contributed by atoms with E-state index in [0.717, 1.165) is 51.8 Å². The van der Waals surface area contributed by atoms with Crippen molar-refractivity contribution < 1.29 is 4.79 Å². The van der Waals surface area contributed by atoms with Crippen LogP contribution < -0.4 is 0 Å². The number of amides is 1. The van der Waals surface area contributed by atoms with Crippen LogP contribution in [0.4, 0.5) is 0 Å². The van der Waals surface area contributed by atoms with Crippen LogP contribution in [0.2, 0.25) is 5.02 Å². The summed E-state index contributed by atoms with van der Waals surface area (Å²) < 4.78 is 2.16. The standard InChI is InChI=1S/C30H28ClN7OS/c31-24-10-5-8-22(18-24)21-38-26-12-2-1-11-25(26)28-29(38)34-30(36-35-28)40-17-4-3-13-27(39)37(16-7-14-32)20-23-9-6-15-33-19-23/h1-2,5-6,8-12,15,18-19H,3-4,7,13,16-17,20-21H2. The highest BCUT2D eigenvalue weighted by molar-refractivity contribution is 7.99. The number of aromatic nitrogens is 5. The number of thioether (sulfide) groups is 1. The van der Waals surface area contributed by atoms with Crippen molar-refractivity contribution in [3.05, 3.63) is 89.2 Å². The summed E-state index contributed by atoms with van der Waals surface area (Å²) >= 11 is 7.78. The largest absolute Gasteiger partial charge is 0.337 e. The summed E-state index contributed by atoms with van der Waals surface area (Å²) in [5.74, 6) is 0.824. The van der Waals surface area contributed by atoms with Crippen molar-refractivity contribution in [2.75, 3.05) is 12.3 Å². The van der Waals surface area contributed by atoms with Gasteiger partial charge in [0.2, 0.25) is 11.1 Å². The van der Waals surface area contributed by atoms with Crippen LogP contribution in [0.1, 0.15) is 36.8 Å². The molecule has 0 unspecified atom stereocenters. The number of nitrogens with zero attached hydrogens (tertiary/aromatic N) is 7. The minimum absolute atomic E-state index is 0.0500. The van der Waals surface area contributed by atoms with Gasteiger partial charge in [-0.25, -0.2) is 4.98 Å². The number of rotatable bonds is 12. The van der Waals surface area contributed by atoms with Gasteiger partial charge in [-0.15, -0.1) is 10.2 Å². The van der Waals surface area contributed by atoms with E-state index in [1.54, 1.807) is 29.1 Å². The Balaban J connectivity index is 1.22. The number of halogens is 1. The third kappa shape index (κ3) is 6.76. The lowest BCUT2D eigenvalue weighted by atomic mass is 10.2. The summed E-state index contributed by atoms with van der Waals surface area (Å²) in [6.07, 6.45) is 5.77. The predicted molar refractivity (Wildman–Crippen MR) is 158 cm³/mol. The first-order valence-electron chi connectivity index (χ1n) is 13.1. The first-order chi connectivity index (χ1) is 19.6. The second kappa shape index (κ2) is 13.4. The molecule has 0 bridgehead atoms. The molecule has 0 fully saturated rings. The van der Waals surface area contributed by atoms with Crippen molar-refractivity contribution >= 4 is 51.3 Å². The molecule has 8 nitrogen and oxygen atoms in total. The van der Waals surface area contributed by atoms with Gasteiger partial charge in [0.25, 0.3) is 0 Å². The lowest BCUT2D eigenvalue weighted by Crippen LogP contribution is -2.31. The second-order valence-corrected chi connectivity index (χ2v) is 10.9. The van der Waals surface area contributed by atoms with Gasteiger partial charge in [-0.3, -0.25) is 9.78 Å². The monoisotopic (exact) mass is 569 g/mol. The molecule has 5 aromatic rings. The molecule has 0 aliphatic carbocycles. The number of hydrogen-bond acceptors (Lipinski definition) is 7. The second-order valence-electron chi connectivity index (χ2n) is 9.39. The Labute approximate surface area is 242 Å². The molecule has 0 N–H and O–H groups in total. The number of hydrogen-bond donors (Lipinski definition) is 0. The van der Waals surface area contributed by atoms with Gasteiger partial charge >= 0.3 is 0 Å². The van der Waals surface area contributed by atoms with Crippen LogP contribution in [0, 0.1) is 11.3 Å². The lowest BCUT2D eigenvalue weighted by molar-refractivity contribution is -0.131. The fourth-order valence-electron chi connectivity index (χ4n) is 4.62. The number of benzene rings is 2. The Morgan fingerprint density at radius 1 is 1.05 bits per heavy atom. The van der Waals surface area contributed by atoms with Gasteiger partial charge in [0.15, 0.2) is 5.65 Å². The number of pyridine rings is 1. The highest BCUT2D eigenvalue weighted by Crippen LogP contribution is 2.28.